The summed E-state index contributed by atoms with van der Waals surface area (Å²) in [5, 5.41) is 5.86. The van der Waals surface area contributed by atoms with Crippen LogP contribution in [-0.2, 0) is 4.79 Å². The van der Waals surface area contributed by atoms with Gasteiger partial charge >= 0.3 is 0 Å². The summed E-state index contributed by atoms with van der Waals surface area (Å²) in [6, 6.07) is 13.1. The summed E-state index contributed by atoms with van der Waals surface area (Å²) in [7, 11) is 0. The van der Waals surface area contributed by atoms with E-state index >= 15 is 0 Å². The first-order valence-electron chi connectivity index (χ1n) is 6.44. The smallest absolute Gasteiger partial charge is 0.246 e. The van der Waals surface area contributed by atoms with Crippen molar-refractivity contribution in [3.8, 4) is 0 Å². The quantitative estimate of drug-likeness (QED) is 0.893. The third-order valence-electron chi connectivity index (χ3n) is 2.91. The molecule has 0 fully saturated rings. The maximum absolute atomic E-state index is 12.8. The van der Waals surface area contributed by atoms with Gasteiger partial charge < -0.3 is 10.6 Å². The number of rotatable bonds is 4. The van der Waals surface area contributed by atoms with Gasteiger partial charge in [0.15, 0.2) is 0 Å². The van der Waals surface area contributed by atoms with Crippen molar-refractivity contribution >= 4 is 17.3 Å². The highest BCUT2D eigenvalue weighted by Crippen LogP contribution is 2.13. The fraction of sp³-hybridized carbons (Fsp3) is 0.188. The zero-order valence-electron chi connectivity index (χ0n) is 11.5. The molecule has 0 bridgehead atoms. The van der Waals surface area contributed by atoms with Crippen LogP contribution in [0.5, 0.6) is 0 Å². The molecule has 0 aromatic heterocycles. The first kappa shape index (κ1) is 14.1. The van der Waals surface area contributed by atoms with Gasteiger partial charge in [-0.3, -0.25) is 4.79 Å². The largest absolute Gasteiger partial charge is 0.374 e. The lowest BCUT2D eigenvalue weighted by atomic mass is 10.2. The van der Waals surface area contributed by atoms with Crippen LogP contribution in [0.2, 0.25) is 0 Å². The Bertz CT molecular complexity index is 596. The minimum absolute atomic E-state index is 0.168. The molecule has 104 valence electrons. The van der Waals surface area contributed by atoms with E-state index in [2.05, 4.69) is 10.6 Å². The molecule has 20 heavy (non-hydrogen) atoms. The van der Waals surface area contributed by atoms with E-state index in [4.69, 9.17) is 0 Å². The van der Waals surface area contributed by atoms with Gasteiger partial charge in [-0.1, -0.05) is 12.1 Å². The van der Waals surface area contributed by atoms with Gasteiger partial charge in [-0.25, -0.2) is 4.39 Å². The topological polar surface area (TPSA) is 41.1 Å². The summed E-state index contributed by atoms with van der Waals surface area (Å²) in [5.41, 5.74) is 2.60. The van der Waals surface area contributed by atoms with Crippen molar-refractivity contribution in [1.29, 1.82) is 0 Å². The summed E-state index contributed by atoms with van der Waals surface area (Å²) in [6.07, 6.45) is 0. The maximum atomic E-state index is 12.8. The minimum atomic E-state index is -0.387. The molecule has 1 amide bonds. The average Bonchev–Trinajstić information content (AvgIpc) is 2.41. The molecule has 2 aromatic rings. The van der Waals surface area contributed by atoms with Crippen LogP contribution in [0.3, 0.4) is 0 Å². The predicted molar refractivity (Wildman–Crippen MR) is 79.3 cm³/mol. The molecular weight excluding hydrogens is 255 g/mol. The van der Waals surface area contributed by atoms with Crippen molar-refractivity contribution < 1.29 is 9.18 Å². The lowest BCUT2D eigenvalue weighted by Crippen LogP contribution is -2.31. The van der Waals surface area contributed by atoms with E-state index in [1.165, 1.54) is 24.3 Å². The molecule has 0 saturated carbocycles. The molecule has 2 rings (SSSR count). The standard InChI is InChI=1S/C16H17FN2O/c1-11-4-3-5-15(10-11)18-12(2)16(20)19-14-8-6-13(17)7-9-14/h3-10,12,18H,1-2H3,(H,19,20). The van der Waals surface area contributed by atoms with Gasteiger partial charge in [-0.15, -0.1) is 0 Å². The van der Waals surface area contributed by atoms with Gasteiger partial charge in [0.05, 0.1) is 0 Å². The summed E-state index contributed by atoms with van der Waals surface area (Å²) in [4.78, 5) is 12.0. The highest BCUT2D eigenvalue weighted by Gasteiger charge is 2.12. The Balaban J connectivity index is 1.96. The molecule has 3 nitrogen and oxygen atoms in total. The van der Waals surface area contributed by atoms with Crippen LogP contribution in [0.15, 0.2) is 48.5 Å². The first-order chi connectivity index (χ1) is 9.54. The SMILES string of the molecule is Cc1cccc(NC(C)C(=O)Nc2ccc(F)cc2)c1. The molecule has 4 heteroatoms. The molecule has 1 atom stereocenters. The fourth-order valence-electron chi connectivity index (χ4n) is 1.83. The molecule has 0 aliphatic rings. The van der Waals surface area contributed by atoms with Crippen LogP contribution >= 0.6 is 0 Å². The summed E-state index contributed by atoms with van der Waals surface area (Å²) in [6.45, 7) is 3.77. The first-order valence-corrected chi connectivity index (χ1v) is 6.44. The fourth-order valence-corrected chi connectivity index (χ4v) is 1.83. The van der Waals surface area contributed by atoms with Crippen LogP contribution < -0.4 is 10.6 Å². The van der Waals surface area contributed by atoms with Gasteiger partial charge in [-0.2, -0.15) is 0 Å². The van der Waals surface area contributed by atoms with Crippen LogP contribution in [0.25, 0.3) is 0 Å². The average molecular weight is 272 g/mol. The Morgan fingerprint density at radius 3 is 2.45 bits per heavy atom. The number of benzene rings is 2. The third-order valence-corrected chi connectivity index (χ3v) is 2.91. The van der Waals surface area contributed by atoms with Crippen molar-refractivity contribution in [3.05, 3.63) is 59.9 Å². The molecule has 2 N–H and O–H groups in total. The maximum Gasteiger partial charge on any atom is 0.246 e. The molecule has 2 aromatic carbocycles. The number of hydrogen-bond donors (Lipinski definition) is 2. The molecule has 0 saturated heterocycles. The van der Waals surface area contributed by atoms with Crippen molar-refractivity contribution in [2.24, 2.45) is 0 Å². The van der Waals surface area contributed by atoms with Gasteiger partial charge in [0.1, 0.15) is 11.9 Å². The monoisotopic (exact) mass is 272 g/mol. The Morgan fingerprint density at radius 2 is 1.80 bits per heavy atom. The van der Waals surface area contributed by atoms with Crippen molar-refractivity contribution in [1.82, 2.24) is 0 Å². The lowest BCUT2D eigenvalue weighted by molar-refractivity contribution is -0.116. The van der Waals surface area contributed by atoms with Gasteiger partial charge in [0.25, 0.3) is 0 Å². The van der Waals surface area contributed by atoms with E-state index in [-0.39, 0.29) is 17.8 Å². The number of carbonyl (C=O) groups excluding carboxylic acids is 1. The highest BCUT2D eigenvalue weighted by molar-refractivity contribution is 5.96. The minimum Gasteiger partial charge on any atom is -0.374 e. The normalized spacial score (nSPS) is 11.8. The number of carbonyl (C=O) groups is 1. The van der Waals surface area contributed by atoms with E-state index in [1.807, 2.05) is 31.2 Å². The Labute approximate surface area is 117 Å². The highest BCUT2D eigenvalue weighted by atomic mass is 19.1. The van der Waals surface area contributed by atoms with Crippen LogP contribution in [-0.4, -0.2) is 11.9 Å². The van der Waals surface area contributed by atoms with E-state index in [9.17, 15) is 9.18 Å². The van der Waals surface area contributed by atoms with Crippen LogP contribution in [0.4, 0.5) is 15.8 Å². The van der Waals surface area contributed by atoms with Crippen LogP contribution in [0.1, 0.15) is 12.5 Å². The van der Waals surface area contributed by atoms with E-state index in [0.717, 1.165) is 11.3 Å². The molecular formula is C16H17FN2O. The third kappa shape index (κ3) is 3.82. The van der Waals surface area contributed by atoms with Crippen molar-refractivity contribution in [2.45, 2.75) is 19.9 Å². The second-order valence-electron chi connectivity index (χ2n) is 4.73. The number of nitrogens with one attached hydrogen (secondary N) is 2. The van der Waals surface area contributed by atoms with Crippen molar-refractivity contribution in [3.63, 3.8) is 0 Å². The zero-order valence-corrected chi connectivity index (χ0v) is 11.5. The molecule has 0 spiro atoms. The predicted octanol–water partition coefficient (Wildman–Crippen LogP) is 3.57. The molecule has 0 heterocycles. The molecule has 0 radical (unpaired) electrons. The second-order valence-corrected chi connectivity index (χ2v) is 4.73. The van der Waals surface area contributed by atoms with Gasteiger partial charge in [0.2, 0.25) is 5.91 Å². The summed E-state index contributed by atoms with van der Waals surface area (Å²) >= 11 is 0. The van der Waals surface area contributed by atoms with Gasteiger partial charge in [-0.05, 0) is 55.8 Å². The Kier molecular flexibility index (Phi) is 4.35. The molecule has 0 aliphatic carbocycles. The molecule has 1 unspecified atom stereocenters. The number of aryl methyl sites for hydroxylation is 1. The van der Waals surface area contributed by atoms with E-state index < -0.39 is 0 Å². The number of anilines is 2. The zero-order chi connectivity index (χ0) is 14.5. The molecule has 0 aliphatic heterocycles. The van der Waals surface area contributed by atoms with E-state index in [1.54, 1.807) is 6.92 Å². The lowest BCUT2D eigenvalue weighted by Gasteiger charge is -2.15. The Morgan fingerprint density at radius 1 is 1.10 bits per heavy atom. The summed E-state index contributed by atoms with van der Waals surface area (Å²) < 4.78 is 12.8. The number of halogens is 1. The Hall–Kier alpha value is -2.36. The van der Waals surface area contributed by atoms with Crippen molar-refractivity contribution in [2.75, 3.05) is 10.6 Å². The van der Waals surface area contributed by atoms with Crippen LogP contribution in [0, 0.1) is 12.7 Å². The van der Waals surface area contributed by atoms with E-state index in [0.29, 0.717) is 5.69 Å². The summed E-state index contributed by atoms with van der Waals surface area (Å²) in [5.74, 6) is -0.493. The number of amides is 1. The van der Waals surface area contributed by atoms with Gasteiger partial charge in [0, 0.05) is 11.4 Å². The second kappa shape index (κ2) is 6.19. The number of hydrogen-bond acceptors (Lipinski definition) is 2.